The molecule has 1 atom stereocenters. The first-order valence-electron chi connectivity index (χ1n) is 6.39. The van der Waals surface area contributed by atoms with Gasteiger partial charge in [-0.25, -0.2) is 0 Å². The molecule has 1 N–H and O–H groups in total. The quantitative estimate of drug-likeness (QED) is 0.863. The third-order valence-corrected chi connectivity index (χ3v) is 4.03. The van der Waals surface area contributed by atoms with Gasteiger partial charge in [0, 0.05) is 0 Å². The van der Waals surface area contributed by atoms with Gasteiger partial charge < -0.3 is 5.11 Å². The third kappa shape index (κ3) is 2.51. The molecule has 1 aromatic rings. The first-order valence-corrected chi connectivity index (χ1v) is 6.39. The lowest BCUT2D eigenvalue weighted by Crippen LogP contribution is -2.19. The number of hydrogen-bond acceptors (Lipinski definition) is 1. The minimum atomic E-state index is -0.667. The van der Waals surface area contributed by atoms with E-state index in [2.05, 4.69) is 6.92 Å². The van der Waals surface area contributed by atoms with E-state index < -0.39 is 5.97 Å². The van der Waals surface area contributed by atoms with Crippen LogP contribution in [0.15, 0.2) is 18.2 Å². The van der Waals surface area contributed by atoms with Gasteiger partial charge in [-0.05, 0) is 49.3 Å². The lowest BCUT2D eigenvalue weighted by molar-refractivity contribution is -0.140. The highest BCUT2D eigenvalue weighted by Crippen LogP contribution is 2.37. The maximum absolute atomic E-state index is 11.5. The molecule has 1 aliphatic rings. The molecular weight excluding hydrogens is 212 g/mol. The summed E-state index contributed by atoms with van der Waals surface area (Å²) < 4.78 is 0. The van der Waals surface area contributed by atoms with E-state index in [4.69, 9.17) is 0 Å². The fraction of sp³-hybridized carbons (Fsp3) is 0.533. The van der Waals surface area contributed by atoms with E-state index in [9.17, 15) is 9.90 Å². The van der Waals surface area contributed by atoms with Gasteiger partial charge in [0.1, 0.15) is 0 Å². The van der Waals surface area contributed by atoms with Crippen LogP contribution in [0.1, 0.15) is 48.3 Å². The van der Waals surface area contributed by atoms with Crippen LogP contribution < -0.4 is 0 Å². The fourth-order valence-electron chi connectivity index (χ4n) is 2.87. The Kier molecular flexibility index (Phi) is 3.51. The van der Waals surface area contributed by atoms with E-state index in [1.807, 2.05) is 25.1 Å². The predicted molar refractivity (Wildman–Crippen MR) is 68.3 cm³/mol. The Morgan fingerprint density at radius 3 is 2.41 bits per heavy atom. The van der Waals surface area contributed by atoms with E-state index in [1.54, 1.807) is 0 Å². The molecule has 1 saturated carbocycles. The molecule has 0 radical (unpaired) electrons. The Morgan fingerprint density at radius 2 is 1.88 bits per heavy atom. The highest BCUT2D eigenvalue weighted by atomic mass is 16.4. The topological polar surface area (TPSA) is 37.3 Å². The van der Waals surface area contributed by atoms with Crippen molar-refractivity contribution < 1.29 is 9.90 Å². The summed E-state index contributed by atoms with van der Waals surface area (Å²) in [5, 5.41) is 9.45. The van der Waals surface area contributed by atoms with Crippen molar-refractivity contribution in [1.82, 2.24) is 0 Å². The van der Waals surface area contributed by atoms with E-state index in [0.717, 1.165) is 18.4 Å². The molecule has 2 rings (SSSR count). The van der Waals surface area contributed by atoms with E-state index in [-0.39, 0.29) is 5.92 Å². The predicted octanol–water partition coefficient (Wildman–Crippen LogP) is 3.66. The maximum atomic E-state index is 11.5. The first-order chi connectivity index (χ1) is 8.09. The summed E-state index contributed by atoms with van der Waals surface area (Å²) in [7, 11) is 0. The summed E-state index contributed by atoms with van der Waals surface area (Å²) in [6.45, 7) is 4.11. The van der Waals surface area contributed by atoms with Crippen molar-refractivity contribution in [2.75, 3.05) is 0 Å². The number of aryl methyl sites for hydroxylation is 2. The van der Waals surface area contributed by atoms with Gasteiger partial charge in [0.05, 0.1) is 5.92 Å². The SMILES string of the molecule is Cc1ccc(C(C(=O)O)C2CCCC2)cc1C. The van der Waals surface area contributed by atoms with Crippen LogP contribution in [0.3, 0.4) is 0 Å². The van der Waals surface area contributed by atoms with E-state index >= 15 is 0 Å². The Labute approximate surface area is 103 Å². The second-order valence-corrected chi connectivity index (χ2v) is 5.20. The number of benzene rings is 1. The Hall–Kier alpha value is -1.31. The minimum absolute atomic E-state index is 0.309. The Morgan fingerprint density at radius 1 is 1.24 bits per heavy atom. The molecule has 1 fully saturated rings. The number of carboxylic acids is 1. The molecule has 2 heteroatoms. The average molecular weight is 232 g/mol. The van der Waals surface area contributed by atoms with Gasteiger partial charge in [-0.15, -0.1) is 0 Å². The minimum Gasteiger partial charge on any atom is -0.481 e. The standard InChI is InChI=1S/C15H20O2/c1-10-7-8-13(9-11(10)2)14(15(16)17)12-5-3-4-6-12/h7-9,12,14H,3-6H2,1-2H3,(H,16,17). The molecule has 2 nitrogen and oxygen atoms in total. The van der Waals surface area contributed by atoms with Crippen molar-refractivity contribution >= 4 is 5.97 Å². The summed E-state index contributed by atoms with van der Waals surface area (Å²) in [5.74, 6) is -0.647. The van der Waals surface area contributed by atoms with Crippen LogP contribution in [0.5, 0.6) is 0 Å². The summed E-state index contributed by atoms with van der Waals surface area (Å²) >= 11 is 0. The molecule has 1 aliphatic carbocycles. The number of aliphatic carboxylic acids is 1. The molecule has 0 aliphatic heterocycles. The van der Waals surface area contributed by atoms with Crippen LogP contribution in [-0.2, 0) is 4.79 Å². The molecule has 0 saturated heterocycles. The normalized spacial score (nSPS) is 18.2. The Bertz CT molecular complexity index is 417. The van der Waals surface area contributed by atoms with Crippen molar-refractivity contribution in [3.05, 3.63) is 34.9 Å². The molecule has 92 valence electrons. The molecule has 0 aromatic heterocycles. The van der Waals surface area contributed by atoms with Crippen LogP contribution in [0.2, 0.25) is 0 Å². The van der Waals surface area contributed by atoms with Crippen molar-refractivity contribution in [2.24, 2.45) is 5.92 Å². The molecule has 1 aromatic carbocycles. The van der Waals surface area contributed by atoms with Crippen LogP contribution >= 0.6 is 0 Å². The molecule has 0 heterocycles. The zero-order valence-electron chi connectivity index (χ0n) is 10.6. The fourth-order valence-corrected chi connectivity index (χ4v) is 2.87. The van der Waals surface area contributed by atoms with Gasteiger partial charge in [0.25, 0.3) is 0 Å². The third-order valence-electron chi connectivity index (χ3n) is 4.03. The summed E-state index contributed by atoms with van der Waals surface area (Å²) in [6.07, 6.45) is 4.48. The molecular formula is C15H20O2. The van der Waals surface area contributed by atoms with E-state index in [1.165, 1.54) is 24.0 Å². The lowest BCUT2D eigenvalue weighted by Gasteiger charge is -2.20. The van der Waals surface area contributed by atoms with Gasteiger partial charge in [-0.1, -0.05) is 31.0 Å². The Balaban J connectivity index is 2.31. The van der Waals surface area contributed by atoms with E-state index in [0.29, 0.717) is 5.92 Å². The van der Waals surface area contributed by atoms with Gasteiger partial charge in [0.15, 0.2) is 0 Å². The van der Waals surface area contributed by atoms with Gasteiger partial charge in [0.2, 0.25) is 0 Å². The molecule has 0 spiro atoms. The molecule has 0 amide bonds. The van der Waals surface area contributed by atoms with Crippen LogP contribution in [-0.4, -0.2) is 11.1 Å². The van der Waals surface area contributed by atoms with Gasteiger partial charge >= 0.3 is 5.97 Å². The number of carbonyl (C=O) groups is 1. The first kappa shape index (κ1) is 12.2. The summed E-state index contributed by atoms with van der Waals surface area (Å²) in [6, 6.07) is 6.07. The van der Waals surface area contributed by atoms with Crippen molar-refractivity contribution in [2.45, 2.75) is 45.4 Å². The smallest absolute Gasteiger partial charge is 0.311 e. The molecule has 0 bridgehead atoms. The zero-order valence-corrected chi connectivity index (χ0v) is 10.6. The van der Waals surface area contributed by atoms with Crippen LogP contribution in [0.25, 0.3) is 0 Å². The number of carboxylic acid groups (broad SMARTS) is 1. The lowest BCUT2D eigenvalue weighted by atomic mass is 9.84. The van der Waals surface area contributed by atoms with Crippen molar-refractivity contribution in [3.63, 3.8) is 0 Å². The van der Waals surface area contributed by atoms with Crippen molar-refractivity contribution in [1.29, 1.82) is 0 Å². The number of rotatable bonds is 3. The molecule has 1 unspecified atom stereocenters. The summed E-state index contributed by atoms with van der Waals surface area (Å²) in [4.78, 5) is 11.5. The average Bonchev–Trinajstić information content (AvgIpc) is 2.76. The second kappa shape index (κ2) is 4.91. The zero-order chi connectivity index (χ0) is 12.4. The second-order valence-electron chi connectivity index (χ2n) is 5.20. The summed E-state index contributed by atoms with van der Waals surface area (Å²) in [5.41, 5.74) is 3.39. The number of hydrogen-bond donors (Lipinski definition) is 1. The van der Waals surface area contributed by atoms with Gasteiger partial charge in [-0.3, -0.25) is 4.79 Å². The van der Waals surface area contributed by atoms with Gasteiger partial charge in [-0.2, -0.15) is 0 Å². The molecule has 17 heavy (non-hydrogen) atoms. The van der Waals surface area contributed by atoms with Crippen LogP contribution in [0, 0.1) is 19.8 Å². The largest absolute Gasteiger partial charge is 0.481 e. The highest BCUT2D eigenvalue weighted by molar-refractivity contribution is 5.76. The van der Waals surface area contributed by atoms with Crippen molar-refractivity contribution in [3.8, 4) is 0 Å². The monoisotopic (exact) mass is 232 g/mol. The van der Waals surface area contributed by atoms with Crippen LogP contribution in [0.4, 0.5) is 0 Å². The maximum Gasteiger partial charge on any atom is 0.311 e. The highest BCUT2D eigenvalue weighted by Gasteiger charge is 2.31.